The van der Waals surface area contributed by atoms with Gasteiger partial charge in [-0.25, -0.2) is 4.79 Å². The quantitative estimate of drug-likeness (QED) is 0.550. The Balaban J connectivity index is 5.36. The van der Waals surface area contributed by atoms with Crippen molar-refractivity contribution in [3.8, 4) is 0 Å². The second-order valence-electron chi connectivity index (χ2n) is 4.44. The van der Waals surface area contributed by atoms with Crippen LogP contribution in [0.25, 0.3) is 0 Å². The van der Waals surface area contributed by atoms with Crippen LogP contribution < -0.4 is 4.89 Å². The predicted octanol–water partition coefficient (Wildman–Crippen LogP) is 1.85. The summed E-state index contributed by atoms with van der Waals surface area (Å²) in [6.45, 7) is 8.75. The highest BCUT2D eigenvalue weighted by atomic mass is 31.1. The van der Waals surface area contributed by atoms with E-state index >= 15 is 0 Å². The Morgan fingerprint density at radius 3 is 2.00 bits per heavy atom. The molecule has 4 nitrogen and oxygen atoms in total. The van der Waals surface area contributed by atoms with Gasteiger partial charge in [0, 0.05) is 11.8 Å². The van der Waals surface area contributed by atoms with E-state index in [1.54, 1.807) is 34.6 Å². The molecule has 0 heterocycles. The van der Waals surface area contributed by atoms with Crippen LogP contribution in [-0.4, -0.2) is 17.7 Å². The molecule has 0 aromatic rings. The van der Waals surface area contributed by atoms with Crippen molar-refractivity contribution in [2.24, 2.45) is 5.41 Å². The number of carbonyl (C=O) groups excluding carboxylic acids is 1. The van der Waals surface area contributed by atoms with Gasteiger partial charge in [0.2, 0.25) is 0 Å². The van der Waals surface area contributed by atoms with Crippen LogP contribution in [0.5, 0.6) is 0 Å². The molecule has 5 heteroatoms. The molecule has 2 unspecified atom stereocenters. The molecule has 2 atom stereocenters. The fourth-order valence-electron chi connectivity index (χ4n) is 1.71. The van der Waals surface area contributed by atoms with E-state index < -0.39 is 24.6 Å². The lowest BCUT2D eigenvalue weighted by Crippen LogP contribution is -2.49. The molecule has 0 aromatic heterocycles. The third kappa shape index (κ3) is 2.56. The highest BCUT2D eigenvalue weighted by Gasteiger charge is 2.59. The van der Waals surface area contributed by atoms with Crippen LogP contribution in [0.1, 0.15) is 41.0 Å². The van der Waals surface area contributed by atoms with E-state index in [-0.39, 0.29) is 13.0 Å². The molecule has 0 N–H and O–H groups in total. The monoisotopic (exact) mass is 234 g/mol. The van der Waals surface area contributed by atoms with Gasteiger partial charge in [-0.3, -0.25) is 0 Å². The topological polar surface area (TPSA) is 66.4 Å². The highest BCUT2D eigenvalue weighted by Crippen LogP contribution is 2.49. The maximum atomic E-state index is 11.8. The fourth-order valence-corrected chi connectivity index (χ4v) is 2.73. The van der Waals surface area contributed by atoms with E-state index in [9.17, 15) is 14.3 Å². The first-order chi connectivity index (χ1) is 6.74. The molecular weight excluding hydrogens is 215 g/mol. The summed E-state index contributed by atoms with van der Waals surface area (Å²) in [6, 6.07) is 0. The summed E-state index contributed by atoms with van der Waals surface area (Å²) in [6.07, 6.45) is 0.230. The molecule has 0 fully saturated rings. The van der Waals surface area contributed by atoms with Gasteiger partial charge in [0.05, 0.1) is 6.61 Å². The lowest BCUT2D eigenvalue weighted by molar-refractivity contribution is -0.179. The molecule has 0 spiro atoms. The minimum absolute atomic E-state index is 0.194. The zero-order valence-corrected chi connectivity index (χ0v) is 10.9. The summed E-state index contributed by atoms with van der Waals surface area (Å²) in [5.41, 5.74) is -0.663. The molecule has 0 saturated carbocycles. The zero-order valence-electron chi connectivity index (χ0n) is 9.99. The van der Waals surface area contributed by atoms with Crippen LogP contribution in [0.15, 0.2) is 0 Å². The molecule has 0 rings (SSSR count). The van der Waals surface area contributed by atoms with Gasteiger partial charge in [-0.2, -0.15) is 0 Å². The second kappa shape index (κ2) is 5.04. The average Bonchev–Trinajstić information content (AvgIpc) is 2.02. The number of esters is 1. The minimum atomic E-state index is -2.86. The minimum Gasteiger partial charge on any atom is -0.595 e. The van der Waals surface area contributed by atoms with Crippen molar-refractivity contribution in [1.29, 1.82) is 0 Å². The van der Waals surface area contributed by atoms with Crippen molar-refractivity contribution >= 4 is 14.0 Å². The lowest BCUT2D eigenvalue weighted by Gasteiger charge is -2.33. The summed E-state index contributed by atoms with van der Waals surface area (Å²) in [5, 5.41) is -1.42. The summed E-state index contributed by atoms with van der Waals surface area (Å²) in [5.74, 6) is -0.642. The van der Waals surface area contributed by atoms with Crippen LogP contribution in [0.3, 0.4) is 0 Å². The van der Waals surface area contributed by atoms with Gasteiger partial charge in [-0.05, 0) is 6.92 Å². The molecule has 0 aliphatic heterocycles. The van der Waals surface area contributed by atoms with Crippen molar-refractivity contribution < 1.29 is 19.0 Å². The Morgan fingerprint density at radius 1 is 1.33 bits per heavy atom. The van der Waals surface area contributed by atoms with Crippen molar-refractivity contribution in [2.75, 3.05) is 6.61 Å². The van der Waals surface area contributed by atoms with Crippen molar-refractivity contribution in [3.63, 3.8) is 0 Å². The fraction of sp³-hybridized carbons (Fsp3) is 0.900. The number of rotatable bonds is 4. The number of hydrogen-bond donors (Lipinski definition) is 0. The van der Waals surface area contributed by atoms with Gasteiger partial charge in [0.15, 0.2) is 0 Å². The summed E-state index contributed by atoms with van der Waals surface area (Å²) < 4.78 is 16.2. The second-order valence-corrected chi connectivity index (χ2v) is 5.72. The molecule has 0 radical (unpaired) electrons. The molecule has 0 saturated heterocycles. The van der Waals surface area contributed by atoms with E-state index in [0.29, 0.717) is 0 Å². The standard InChI is InChI=1S/C10H19O4P/c1-6-10(15(12)13,9(3,4)5)8(11)14-7-2/h6-7H2,1-5H3. The van der Waals surface area contributed by atoms with Gasteiger partial charge < -0.3 is 9.63 Å². The van der Waals surface area contributed by atoms with Crippen molar-refractivity contribution in [3.05, 3.63) is 0 Å². The first-order valence-corrected chi connectivity index (χ1v) is 6.23. The highest BCUT2D eigenvalue weighted by molar-refractivity contribution is 7.40. The third-order valence-corrected chi connectivity index (χ3v) is 4.47. The van der Waals surface area contributed by atoms with Gasteiger partial charge in [0.25, 0.3) is 5.16 Å². The Hall–Kier alpha value is -0.470. The maximum absolute atomic E-state index is 11.8. The van der Waals surface area contributed by atoms with Gasteiger partial charge in [-0.1, -0.05) is 32.3 Å². The lowest BCUT2D eigenvalue weighted by atomic mass is 9.78. The van der Waals surface area contributed by atoms with E-state index in [0.717, 1.165) is 0 Å². The number of carbonyl (C=O) groups is 1. The van der Waals surface area contributed by atoms with E-state index in [1.807, 2.05) is 0 Å². The Labute approximate surface area is 91.9 Å². The molecule has 0 aliphatic rings. The summed E-state index contributed by atoms with van der Waals surface area (Å²) >= 11 is 0. The van der Waals surface area contributed by atoms with Crippen LogP contribution in [-0.2, 0) is 14.1 Å². The predicted molar refractivity (Wildman–Crippen MR) is 56.7 cm³/mol. The molecule has 88 valence electrons. The Bertz CT molecular complexity index is 257. The first kappa shape index (κ1) is 14.5. The molecule has 15 heavy (non-hydrogen) atoms. The molecular formula is C10H19O4P. The first-order valence-electron chi connectivity index (χ1n) is 5.05. The van der Waals surface area contributed by atoms with E-state index in [1.165, 1.54) is 0 Å². The van der Waals surface area contributed by atoms with Crippen LogP contribution in [0, 0.1) is 5.41 Å². The van der Waals surface area contributed by atoms with Gasteiger partial charge >= 0.3 is 14.0 Å². The van der Waals surface area contributed by atoms with Gasteiger partial charge in [0.1, 0.15) is 0 Å². The average molecular weight is 234 g/mol. The maximum Gasteiger partial charge on any atom is 0.361 e. The summed E-state index contributed by atoms with van der Waals surface area (Å²) in [4.78, 5) is 23.1. The molecule has 0 aromatic carbocycles. The van der Waals surface area contributed by atoms with Gasteiger partial charge in [-0.15, -0.1) is 0 Å². The zero-order chi connectivity index (χ0) is 12.3. The number of ether oxygens (including phenoxy) is 1. The Kier molecular flexibility index (Phi) is 4.88. The van der Waals surface area contributed by atoms with Crippen molar-refractivity contribution in [2.45, 2.75) is 46.2 Å². The van der Waals surface area contributed by atoms with E-state index in [2.05, 4.69) is 0 Å². The largest absolute Gasteiger partial charge is 0.595 e. The molecule has 0 amide bonds. The van der Waals surface area contributed by atoms with Crippen molar-refractivity contribution in [1.82, 2.24) is 0 Å². The summed E-state index contributed by atoms with van der Waals surface area (Å²) in [7, 11) is -2.86. The van der Waals surface area contributed by atoms with Crippen LogP contribution in [0.2, 0.25) is 0 Å². The van der Waals surface area contributed by atoms with Crippen LogP contribution >= 0.6 is 8.03 Å². The number of hydrogen-bond acceptors (Lipinski definition) is 4. The Morgan fingerprint density at radius 2 is 1.80 bits per heavy atom. The smallest absolute Gasteiger partial charge is 0.361 e. The van der Waals surface area contributed by atoms with Crippen LogP contribution in [0.4, 0.5) is 0 Å². The van der Waals surface area contributed by atoms with E-state index in [4.69, 9.17) is 4.74 Å². The SMILES string of the molecule is CCOC(=O)C(CC)([P+](=O)[O-])C(C)(C)C. The normalized spacial score (nSPS) is 16.8. The third-order valence-electron chi connectivity index (χ3n) is 2.68. The molecule has 0 aliphatic carbocycles. The molecule has 0 bridgehead atoms.